The summed E-state index contributed by atoms with van der Waals surface area (Å²) in [5.74, 6) is 0.415. The number of rotatable bonds is 3. The maximum Gasteiger partial charge on any atom is 0.223 e. The third-order valence-electron chi connectivity index (χ3n) is 3.58. The Morgan fingerprint density at radius 2 is 1.94 bits per heavy atom. The van der Waals surface area contributed by atoms with Gasteiger partial charge in [-0.2, -0.15) is 0 Å². The van der Waals surface area contributed by atoms with Crippen LogP contribution in [0.4, 0.5) is 0 Å². The van der Waals surface area contributed by atoms with Crippen LogP contribution in [-0.4, -0.2) is 49.2 Å². The van der Waals surface area contributed by atoms with Crippen molar-refractivity contribution in [3.8, 4) is 0 Å². The van der Waals surface area contributed by atoms with Gasteiger partial charge in [0.15, 0.2) is 0 Å². The minimum Gasteiger partial charge on any atom is -0.381 e. The highest BCUT2D eigenvalue weighted by Gasteiger charge is 2.31. The van der Waals surface area contributed by atoms with E-state index in [1.54, 1.807) is 0 Å². The molecule has 4 nitrogen and oxygen atoms in total. The first-order chi connectivity index (χ1) is 7.66. The zero-order valence-corrected chi connectivity index (χ0v) is 10.2. The fourth-order valence-corrected chi connectivity index (χ4v) is 2.30. The van der Waals surface area contributed by atoms with Gasteiger partial charge in [0, 0.05) is 38.3 Å². The van der Waals surface area contributed by atoms with Crippen LogP contribution in [0.1, 0.15) is 26.7 Å². The third-order valence-corrected chi connectivity index (χ3v) is 3.58. The van der Waals surface area contributed by atoms with Gasteiger partial charge >= 0.3 is 0 Å². The molecule has 4 heteroatoms. The first kappa shape index (κ1) is 11.9. The second-order valence-corrected chi connectivity index (χ2v) is 5.14. The summed E-state index contributed by atoms with van der Waals surface area (Å²) < 4.78 is 5.26. The lowest BCUT2D eigenvalue weighted by Crippen LogP contribution is -2.61. The van der Waals surface area contributed by atoms with E-state index in [0.29, 0.717) is 12.1 Å². The summed E-state index contributed by atoms with van der Waals surface area (Å²) in [6, 6.07) is 0.967. The lowest BCUT2D eigenvalue weighted by atomic mass is 9.98. The molecule has 0 saturated carbocycles. The number of carbonyl (C=O) groups excluding carboxylic acids is 1. The van der Waals surface area contributed by atoms with Crippen molar-refractivity contribution in [2.75, 3.05) is 26.3 Å². The first-order valence-electron chi connectivity index (χ1n) is 6.29. The van der Waals surface area contributed by atoms with E-state index in [9.17, 15) is 4.79 Å². The van der Waals surface area contributed by atoms with E-state index < -0.39 is 0 Å². The van der Waals surface area contributed by atoms with Gasteiger partial charge in [0.05, 0.1) is 6.04 Å². The number of carbonyl (C=O) groups is 1. The third kappa shape index (κ3) is 2.74. The van der Waals surface area contributed by atoms with Crippen LogP contribution in [0.25, 0.3) is 0 Å². The smallest absolute Gasteiger partial charge is 0.223 e. The Hall–Kier alpha value is -0.610. The molecule has 2 aliphatic rings. The molecule has 0 aromatic heterocycles. The molecule has 2 fully saturated rings. The molecule has 0 bridgehead atoms. The SMILES string of the molecule is CC(C)N1CC(NC(=O)C2CCOCC2)C1. The van der Waals surface area contributed by atoms with E-state index >= 15 is 0 Å². The fraction of sp³-hybridized carbons (Fsp3) is 0.917. The Balaban J connectivity index is 1.68. The summed E-state index contributed by atoms with van der Waals surface area (Å²) in [6.45, 7) is 7.87. The number of nitrogens with one attached hydrogen (secondary N) is 1. The number of ether oxygens (including phenoxy) is 1. The van der Waals surface area contributed by atoms with Gasteiger partial charge in [-0.1, -0.05) is 0 Å². The highest BCUT2D eigenvalue weighted by Crippen LogP contribution is 2.17. The molecule has 2 heterocycles. The molecule has 16 heavy (non-hydrogen) atoms. The van der Waals surface area contributed by atoms with Gasteiger partial charge in [0.2, 0.25) is 5.91 Å². The lowest BCUT2D eigenvalue weighted by Gasteiger charge is -2.42. The van der Waals surface area contributed by atoms with Crippen LogP contribution in [-0.2, 0) is 9.53 Å². The van der Waals surface area contributed by atoms with Gasteiger partial charge in [0.25, 0.3) is 0 Å². The van der Waals surface area contributed by atoms with E-state index in [1.165, 1.54) is 0 Å². The molecule has 0 unspecified atom stereocenters. The minimum absolute atomic E-state index is 0.182. The normalized spacial score (nSPS) is 24.4. The summed E-state index contributed by atoms with van der Waals surface area (Å²) in [7, 11) is 0. The van der Waals surface area contributed by atoms with Crippen molar-refractivity contribution in [1.82, 2.24) is 10.2 Å². The molecule has 2 saturated heterocycles. The van der Waals surface area contributed by atoms with E-state index in [0.717, 1.165) is 39.1 Å². The summed E-state index contributed by atoms with van der Waals surface area (Å²) in [5.41, 5.74) is 0. The maximum atomic E-state index is 11.9. The van der Waals surface area contributed by atoms with Crippen molar-refractivity contribution < 1.29 is 9.53 Å². The van der Waals surface area contributed by atoms with E-state index in [1.807, 2.05) is 0 Å². The predicted molar refractivity (Wildman–Crippen MR) is 62.2 cm³/mol. The molecule has 1 amide bonds. The molecular weight excluding hydrogens is 204 g/mol. The van der Waals surface area contributed by atoms with Crippen LogP contribution in [0, 0.1) is 5.92 Å². The van der Waals surface area contributed by atoms with Crippen LogP contribution in [0.2, 0.25) is 0 Å². The van der Waals surface area contributed by atoms with Crippen molar-refractivity contribution in [2.45, 2.75) is 38.8 Å². The predicted octanol–water partition coefficient (Wildman–Crippen LogP) is 0.622. The van der Waals surface area contributed by atoms with Crippen molar-refractivity contribution in [3.63, 3.8) is 0 Å². The molecule has 0 aromatic carbocycles. The number of likely N-dealkylation sites (tertiary alicyclic amines) is 1. The van der Waals surface area contributed by atoms with Crippen LogP contribution >= 0.6 is 0 Å². The molecule has 0 radical (unpaired) electrons. The molecule has 0 spiro atoms. The van der Waals surface area contributed by atoms with Gasteiger partial charge in [0.1, 0.15) is 0 Å². The highest BCUT2D eigenvalue weighted by atomic mass is 16.5. The van der Waals surface area contributed by atoms with Gasteiger partial charge in [-0.3, -0.25) is 9.69 Å². The lowest BCUT2D eigenvalue weighted by molar-refractivity contribution is -0.129. The average Bonchev–Trinajstić information content (AvgIpc) is 2.23. The number of hydrogen-bond acceptors (Lipinski definition) is 3. The molecule has 0 atom stereocenters. The topological polar surface area (TPSA) is 41.6 Å². The van der Waals surface area contributed by atoms with Crippen molar-refractivity contribution in [2.24, 2.45) is 5.92 Å². The Bertz CT molecular complexity index is 243. The summed E-state index contributed by atoms with van der Waals surface area (Å²) >= 11 is 0. The molecule has 1 N–H and O–H groups in total. The van der Waals surface area contributed by atoms with Crippen molar-refractivity contribution in [1.29, 1.82) is 0 Å². The van der Waals surface area contributed by atoms with E-state index in [2.05, 4.69) is 24.1 Å². The van der Waals surface area contributed by atoms with Crippen LogP contribution in [0.3, 0.4) is 0 Å². The standard InChI is InChI=1S/C12H22N2O2/c1-9(2)14-7-11(8-14)13-12(15)10-3-5-16-6-4-10/h9-11H,3-8H2,1-2H3,(H,13,15). The monoisotopic (exact) mass is 226 g/mol. The number of nitrogens with zero attached hydrogens (tertiary/aromatic N) is 1. The van der Waals surface area contributed by atoms with Crippen LogP contribution < -0.4 is 5.32 Å². The summed E-state index contributed by atoms with van der Waals surface area (Å²) in [5, 5.41) is 3.13. The minimum atomic E-state index is 0.182. The van der Waals surface area contributed by atoms with Crippen molar-refractivity contribution in [3.05, 3.63) is 0 Å². The van der Waals surface area contributed by atoms with E-state index in [4.69, 9.17) is 4.74 Å². The molecule has 92 valence electrons. The Morgan fingerprint density at radius 3 is 2.50 bits per heavy atom. The van der Waals surface area contributed by atoms with Crippen molar-refractivity contribution >= 4 is 5.91 Å². The average molecular weight is 226 g/mol. The van der Waals surface area contributed by atoms with Crippen LogP contribution in [0.15, 0.2) is 0 Å². The Kier molecular flexibility index (Phi) is 3.82. The summed E-state index contributed by atoms with van der Waals surface area (Å²) in [4.78, 5) is 14.3. The second-order valence-electron chi connectivity index (χ2n) is 5.14. The molecular formula is C12H22N2O2. The van der Waals surface area contributed by atoms with Gasteiger partial charge < -0.3 is 10.1 Å². The molecule has 2 aliphatic heterocycles. The zero-order chi connectivity index (χ0) is 11.5. The fourth-order valence-electron chi connectivity index (χ4n) is 2.30. The second kappa shape index (κ2) is 5.15. The van der Waals surface area contributed by atoms with Gasteiger partial charge in [-0.25, -0.2) is 0 Å². The van der Waals surface area contributed by atoms with Gasteiger partial charge in [-0.05, 0) is 26.7 Å². The summed E-state index contributed by atoms with van der Waals surface area (Å²) in [6.07, 6.45) is 1.76. The highest BCUT2D eigenvalue weighted by molar-refractivity contribution is 5.79. The number of amides is 1. The molecule has 0 aromatic rings. The maximum absolute atomic E-state index is 11.9. The zero-order valence-electron chi connectivity index (χ0n) is 10.2. The number of hydrogen-bond donors (Lipinski definition) is 1. The first-order valence-corrected chi connectivity index (χ1v) is 6.29. The van der Waals surface area contributed by atoms with Crippen LogP contribution in [0.5, 0.6) is 0 Å². The Morgan fingerprint density at radius 1 is 1.31 bits per heavy atom. The van der Waals surface area contributed by atoms with E-state index in [-0.39, 0.29) is 11.8 Å². The van der Waals surface area contributed by atoms with Gasteiger partial charge in [-0.15, -0.1) is 0 Å². The quantitative estimate of drug-likeness (QED) is 0.767. The largest absolute Gasteiger partial charge is 0.381 e. The molecule has 0 aliphatic carbocycles. The molecule has 2 rings (SSSR count). The Labute approximate surface area is 97.3 Å².